The molecule has 36 heavy (non-hydrogen) atoms. The summed E-state index contributed by atoms with van der Waals surface area (Å²) in [4.78, 5) is 57.8. The number of ether oxygens (including phenoxy) is 6. The molecule has 0 atom stereocenters. The third-order valence-corrected chi connectivity index (χ3v) is 4.14. The Morgan fingerprint density at radius 3 is 1.06 bits per heavy atom. The van der Waals surface area contributed by atoms with E-state index in [0.29, 0.717) is 0 Å². The van der Waals surface area contributed by atoms with E-state index in [1.165, 1.54) is 0 Å². The molecule has 0 aromatic heterocycles. The van der Waals surface area contributed by atoms with Crippen LogP contribution in [0.5, 0.6) is 0 Å². The Balaban J connectivity index is 5.77. The number of esters is 5. The van der Waals surface area contributed by atoms with Crippen LogP contribution in [0.4, 0.5) is 0 Å². The van der Waals surface area contributed by atoms with Crippen molar-refractivity contribution in [2.45, 2.75) is 5.60 Å². The molecule has 0 radical (unpaired) electrons. The zero-order valence-corrected chi connectivity index (χ0v) is 19.8. The summed E-state index contributed by atoms with van der Waals surface area (Å²) in [5.41, 5.74) is -3.50. The van der Waals surface area contributed by atoms with Crippen LogP contribution in [-0.2, 0) is 52.4 Å². The van der Waals surface area contributed by atoms with Gasteiger partial charge in [0.2, 0.25) is 0 Å². The molecule has 0 fully saturated rings. The second-order valence-corrected chi connectivity index (χ2v) is 7.28. The number of hydrogen-bond acceptors (Lipinski definition) is 12. The SMILES string of the molecule is C=CC(=O)OCC(O)(COCC(COC(=O)C=C)(COC(=O)C=C)COC(=O)C=C)COC(=O)C=C. The highest BCUT2D eigenvalue weighted by molar-refractivity contribution is 5.82. The molecule has 0 aliphatic carbocycles. The average Bonchev–Trinajstić information content (AvgIpc) is 2.89. The molecule has 0 aromatic rings. The van der Waals surface area contributed by atoms with Crippen molar-refractivity contribution in [3.63, 3.8) is 0 Å². The summed E-state index contributed by atoms with van der Waals surface area (Å²) in [5, 5.41) is 10.8. The molecule has 198 valence electrons. The number of rotatable bonds is 19. The maximum absolute atomic E-state index is 11.7. The highest BCUT2D eigenvalue weighted by atomic mass is 16.6. The molecule has 0 amide bonds. The zero-order chi connectivity index (χ0) is 27.6. The van der Waals surface area contributed by atoms with Gasteiger partial charge in [-0.1, -0.05) is 32.9 Å². The van der Waals surface area contributed by atoms with Crippen molar-refractivity contribution in [1.82, 2.24) is 0 Å². The Morgan fingerprint density at radius 1 is 0.500 bits per heavy atom. The molecule has 0 aliphatic rings. The van der Waals surface area contributed by atoms with Crippen molar-refractivity contribution in [1.29, 1.82) is 0 Å². The molecule has 1 N–H and O–H groups in total. The smallest absolute Gasteiger partial charge is 0.330 e. The maximum atomic E-state index is 11.7. The zero-order valence-electron chi connectivity index (χ0n) is 19.8. The minimum atomic E-state index is -2.03. The van der Waals surface area contributed by atoms with Gasteiger partial charge >= 0.3 is 29.8 Å². The number of hydrogen-bond donors (Lipinski definition) is 1. The molecule has 0 aromatic carbocycles. The molecule has 0 bridgehead atoms. The van der Waals surface area contributed by atoms with Gasteiger partial charge < -0.3 is 33.5 Å². The van der Waals surface area contributed by atoms with Gasteiger partial charge in [-0.05, 0) is 0 Å². The summed E-state index contributed by atoms with van der Waals surface area (Å²) in [5.74, 6) is -4.19. The van der Waals surface area contributed by atoms with Crippen molar-refractivity contribution in [2.75, 3.05) is 46.2 Å². The summed E-state index contributed by atoms with van der Waals surface area (Å²) in [6.07, 6.45) is 4.38. The quantitative estimate of drug-likeness (QED) is 0.145. The summed E-state index contributed by atoms with van der Waals surface area (Å²) >= 11 is 0. The normalized spacial score (nSPS) is 10.7. The van der Waals surface area contributed by atoms with Crippen molar-refractivity contribution in [2.24, 2.45) is 5.41 Å². The predicted molar refractivity (Wildman–Crippen MR) is 124 cm³/mol. The van der Waals surface area contributed by atoms with Crippen molar-refractivity contribution in [3.8, 4) is 0 Å². The first-order valence-corrected chi connectivity index (χ1v) is 10.2. The summed E-state index contributed by atoms with van der Waals surface area (Å²) in [7, 11) is 0. The first-order valence-electron chi connectivity index (χ1n) is 10.2. The third-order valence-electron chi connectivity index (χ3n) is 4.14. The van der Waals surface area contributed by atoms with E-state index in [1.54, 1.807) is 0 Å². The van der Waals surface area contributed by atoms with Crippen LogP contribution >= 0.6 is 0 Å². The standard InChI is InChI=1S/C24H30O12/c1-6-18(25)32-12-23(13-33-19(26)7-2,14-34-20(27)8-3)11-31-15-24(30,16-35-21(28)9-4)17-36-22(29)10-5/h6-10,30H,1-5,11-17H2. The van der Waals surface area contributed by atoms with E-state index in [4.69, 9.17) is 28.4 Å². The van der Waals surface area contributed by atoms with Crippen molar-refractivity contribution >= 4 is 29.8 Å². The van der Waals surface area contributed by atoms with Crippen molar-refractivity contribution in [3.05, 3.63) is 63.3 Å². The Labute approximate surface area is 208 Å². The highest BCUT2D eigenvalue weighted by Crippen LogP contribution is 2.22. The fourth-order valence-electron chi connectivity index (χ4n) is 2.21. The van der Waals surface area contributed by atoms with E-state index in [1.807, 2.05) is 0 Å². The van der Waals surface area contributed by atoms with Crippen LogP contribution < -0.4 is 0 Å². The summed E-state index contributed by atoms with van der Waals surface area (Å²) in [6.45, 7) is 12.6. The molecule has 0 spiro atoms. The number of carbonyl (C=O) groups excluding carboxylic acids is 5. The third kappa shape index (κ3) is 13.0. The Hall–Kier alpha value is -4.03. The molecule has 0 rings (SSSR count). The molecular weight excluding hydrogens is 480 g/mol. The molecule has 0 saturated carbocycles. The topological polar surface area (TPSA) is 161 Å². The summed E-state index contributed by atoms with van der Waals surface area (Å²) in [6, 6.07) is 0. The van der Waals surface area contributed by atoms with Crippen molar-refractivity contribution < 1.29 is 57.5 Å². The molecule has 0 saturated heterocycles. The first kappa shape index (κ1) is 32.0. The lowest BCUT2D eigenvalue weighted by molar-refractivity contribution is -0.175. The highest BCUT2D eigenvalue weighted by Gasteiger charge is 2.38. The van der Waals surface area contributed by atoms with Gasteiger partial charge in [-0.2, -0.15) is 0 Å². The van der Waals surface area contributed by atoms with E-state index in [0.717, 1.165) is 30.4 Å². The van der Waals surface area contributed by atoms with Crippen LogP contribution in [0.1, 0.15) is 0 Å². The van der Waals surface area contributed by atoms with Crippen LogP contribution in [-0.4, -0.2) is 86.8 Å². The number of carbonyl (C=O) groups is 5. The van der Waals surface area contributed by atoms with Crippen LogP contribution in [0.25, 0.3) is 0 Å². The minimum Gasteiger partial charge on any atom is -0.462 e. The first-order chi connectivity index (χ1) is 17.0. The van der Waals surface area contributed by atoms with Gasteiger partial charge in [0.15, 0.2) is 5.60 Å². The molecule has 12 heteroatoms. The lowest BCUT2D eigenvalue weighted by Crippen LogP contribution is -2.48. The minimum absolute atomic E-state index is 0.431. The van der Waals surface area contributed by atoms with Crippen LogP contribution in [0, 0.1) is 5.41 Å². The van der Waals surface area contributed by atoms with Gasteiger partial charge in [0.25, 0.3) is 0 Å². The maximum Gasteiger partial charge on any atom is 0.330 e. The van der Waals surface area contributed by atoms with Gasteiger partial charge in [-0.25, -0.2) is 24.0 Å². The monoisotopic (exact) mass is 510 g/mol. The van der Waals surface area contributed by atoms with E-state index in [9.17, 15) is 29.1 Å². The van der Waals surface area contributed by atoms with E-state index >= 15 is 0 Å². The average molecular weight is 510 g/mol. The second-order valence-electron chi connectivity index (χ2n) is 7.28. The van der Waals surface area contributed by atoms with E-state index in [2.05, 4.69) is 32.9 Å². The Kier molecular flexibility index (Phi) is 14.7. The largest absolute Gasteiger partial charge is 0.462 e. The fourth-order valence-corrected chi connectivity index (χ4v) is 2.21. The molecule has 0 aliphatic heterocycles. The van der Waals surface area contributed by atoms with Crippen LogP contribution in [0.15, 0.2) is 63.3 Å². The van der Waals surface area contributed by atoms with Gasteiger partial charge in [0, 0.05) is 30.4 Å². The molecule has 12 nitrogen and oxygen atoms in total. The molecule has 0 heterocycles. The number of aliphatic hydroxyl groups is 1. The van der Waals surface area contributed by atoms with Gasteiger partial charge in [-0.15, -0.1) is 0 Å². The van der Waals surface area contributed by atoms with E-state index < -0.39 is 87.1 Å². The Morgan fingerprint density at radius 2 is 0.778 bits per heavy atom. The molecular formula is C24H30O12. The lowest BCUT2D eigenvalue weighted by Gasteiger charge is -2.33. The van der Waals surface area contributed by atoms with E-state index in [-0.39, 0.29) is 0 Å². The lowest BCUT2D eigenvalue weighted by atomic mass is 9.92. The van der Waals surface area contributed by atoms with Crippen LogP contribution in [0.3, 0.4) is 0 Å². The predicted octanol–water partition coefficient (Wildman–Crippen LogP) is 0.367. The Bertz CT molecular complexity index is 773. The van der Waals surface area contributed by atoms with Gasteiger partial charge in [0.1, 0.15) is 33.0 Å². The second kappa shape index (κ2) is 16.6. The van der Waals surface area contributed by atoms with Crippen LogP contribution in [0.2, 0.25) is 0 Å². The van der Waals surface area contributed by atoms with Gasteiger partial charge in [0.05, 0.1) is 18.6 Å². The fraction of sp³-hybridized carbons (Fsp3) is 0.375. The van der Waals surface area contributed by atoms with Gasteiger partial charge in [-0.3, -0.25) is 0 Å². The summed E-state index contributed by atoms with van der Waals surface area (Å²) < 4.78 is 30.4. The molecule has 0 unspecified atom stereocenters.